The molecule has 0 saturated heterocycles. The number of nitrogens with two attached hydrogens (primary N) is 1. The third kappa shape index (κ3) is 3.04. The highest BCUT2D eigenvalue weighted by Crippen LogP contribution is 2.30. The Morgan fingerprint density at radius 3 is 2.70 bits per heavy atom. The zero-order valence-corrected chi connectivity index (χ0v) is 11.5. The maximum Gasteiger partial charge on any atom is 0.243 e. The lowest BCUT2D eigenvalue weighted by Gasteiger charge is -2.22. The fraction of sp³-hybridized carbons (Fsp3) is 0.533. The van der Waals surface area contributed by atoms with Gasteiger partial charge in [0.05, 0.1) is 6.04 Å². The van der Waals surface area contributed by atoms with Gasteiger partial charge >= 0.3 is 0 Å². The van der Waals surface area contributed by atoms with E-state index < -0.39 is 0 Å². The smallest absolute Gasteiger partial charge is 0.243 e. The van der Waals surface area contributed by atoms with Crippen molar-refractivity contribution < 1.29 is 4.52 Å². The maximum atomic E-state index is 6.21. The minimum atomic E-state index is -0.152. The van der Waals surface area contributed by atoms with Gasteiger partial charge in [0.15, 0.2) is 0 Å². The fourth-order valence-electron chi connectivity index (χ4n) is 2.89. The number of hydrogen-bond donors (Lipinski definition) is 1. The van der Waals surface area contributed by atoms with Gasteiger partial charge in [-0.25, -0.2) is 0 Å². The van der Waals surface area contributed by atoms with Crippen LogP contribution in [0, 0.1) is 5.92 Å². The lowest BCUT2D eigenvalue weighted by Crippen LogP contribution is -2.17. The fourth-order valence-corrected chi connectivity index (χ4v) is 2.89. The zero-order chi connectivity index (χ0) is 13.8. The molecule has 2 N–H and O–H groups in total. The van der Waals surface area contributed by atoms with Crippen LogP contribution in [0.25, 0.3) is 11.4 Å². The molecule has 2 aromatic rings. The van der Waals surface area contributed by atoms with E-state index in [0.29, 0.717) is 17.6 Å². The molecule has 0 aliphatic heterocycles. The van der Waals surface area contributed by atoms with E-state index in [1.807, 2.05) is 12.1 Å². The van der Waals surface area contributed by atoms with Crippen LogP contribution in [0.1, 0.15) is 50.5 Å². The van der Waals surface area contributed by atoms with E-state index in [9.17, 15) is 0 Å². The molecule has 1 fully saturated rings. The number of nitrogens with zero attached hydrogens (tertiary/aromatic N) is 3. The van der Waals surface area contributed by atoms with Crippen LogP contribution < -0.4 is 5.73 Å². The number of rotatable bonds is 4. The van der Waals surface area contributed by atoms with Crippen molar-refractivity contribution in [3.8, 4) is 11.4 Å². The molecule has 1 unspecified atom stereocenters. The van der Waals surface area contributed by atoms with Gasteiger partial charge in [-0.1, -0.05) is 37.3 Å². The number of pyridine rings is 1. The molecule has 5 nitrogen and oxygen atoms in total. The number of aromatic nitrogens is 3. The van der Waals surface area contributed by atoms with E-state index in [1.165, 1.54) is 32.1 Å². The van der Waals surface area contributed by atoms with E-state index in [0.717, 1.165) is 12.0 Å². The summed E-state index contributed by atoms with van der Waals surface area (Å²) < 4.78 is 5.32. The summed E-state index contributed by atoms with van der Waals surface area (Å²) in [5.41, 5.74) is 7.11. The van der Waals surface area contributed by atoms with E-state index in [-0.39, 0.29) is 6.04 Å². The Kier molecular flexibility index (Phi) is 4.06. The summed E-state index contributed by atoms with van der Waals surface area (Å²) in [6.07, 6.45) is 10.9. The molecule has 1 saturated carbocycles. The summed E-state index contributed by atoms with van der Waals surface area (Å²) in [5.74, 6) is 1.83. The molecule has 20 heavy (non-hydrogen) atoms. The Morgan fingerprint density at radius 2 is 1.95 bits per heavy atom. The van der Waals surface area contributed by atoms with Gasteiger partial charge in [-0.3, -0.25) is 4.98 Å². The van der Waals surface area contributed by atoms with Crippen LogP contribution in [0.2, 0.25) is 0 Å². The van der Waals surface area contributed by atoms with Gasteiger partial charge in [0.25, 0.3) is 0 Å². The van der Waals surface area contributed by atoms with Crippen LogP contribution in [0.15, 0.2) is 29.0 Å². The van der Waals surface area contributed by atoms with Gasteiger partial charge in [0, 0.05) is 18.0 Å². The molecule has 106 valence electrons. The van der Waals surface area contributed by atoms with Gasteiger partial charge in [-0.15, -0.1) is 0 Å². The Hall–Kier alpha value is -1.75. The van der Waals surface area contributed by atoms with E-state index in [2.05, 4.69) is 15.1 Å². The van der Waals surface area contributed by atoms with Crippen LogP contribution in [0.4, 0.5) is 0 Å². The standard InChI is InChI=1S/C15H20N4O/c16-13(10-11-4-2-1-3-5-11)15-18-14(19-20-15)12-6-8-17-9-7-12/h6-9,11,13H,1-5,10,16H2. The molecule has 1 aliphatic rings. The molecule has 2 heterocycles. The molecule has 0 radical (unpaired) electrons. The Morgan fingerprint density at radius 1 is 1.20 bits per heavy atom. The van der Waals surface area contributed by atoms with Crippen LogP contribution in [-0.2, 0) is 0 Å². The first-order valence-corrected chi connectivity index (χ1v) is 7.32. The number of hydrogen-bond acceptors (Lipinski definition) is 5. The van der Waals surface area contributed by atoms with E-state index in [1.54, 1.807) is 12.4 Å². The molecule has 5 heteroatoms. The minimum absolute atomic E-state index is 0.152. The molecular weight excluding hydrogens is 252 g/mol. The Labute approximate surface area is 118 Å². The van der Waals surface area contributed by atoms with Crippen molar-refractivity contribution in [2.75, 3.05) is 0 Å². The lowest BCUT2D eigenvalue weighted by molar-refractivity contribution is 0.284. The molecule has 1 atom stereocenters. The molecular formula is C15H20N4O. The highest BCUT2D eigenvalue weighted by atomic mass is 16.5. The van der Waals surface area contributed by atoms with Crippen molar-refractivity contribution in [1.82, 2.24) is 15.1 Å². The second kappa shape index (κ2) is 6.13. The normalized spacial score (nSPS) is 18.1. The highest BCUT2D eigenvalue weighted by molar-refractivity contribution is 5.52. The van der Waals surface area contributed by atoms with Crippen LogP contribution in [-0.4, -0.2) is 15.1 Å². The first-order valence-electron chi connectivity index (χ1n) is 7.32. The van der Waals surface area contributed by atoms with Crippen molar-refractivity contribution in [2.24, 2.45) is 11.7 Å². The van der Waals surface area contributed by atoms with Crippen molar-refractivity contribution in [3.05, 3.63) is 30.4 Å². The van der Waals surface area contributed by atoms with Crippen molar-refractivity contribution in [1.29, 1.82) is 0 Å². The van der Waals surface area contributed by atoms with Crippen LogP contribution in [0.3, 0.4) is 0 Å². The summed E-state index contributed by atoms with van der Waals surface area (Å²) in [4.78, 5) is 8.39. The van der Waals surface area contributed by atoms with Gasteiger partial charge < -0.3 is 10.3 Å². The average Bonchev–Trinajstić information content (AvgIpc) is 2.99. The summed E-state index contributed by atoms with van der Waals surface area (Å²) in [6.45, 7) is 0. The molecule has 0 aromatic carbocycles. The van der Waals surface area contributed by atoms with Gasteiger partial charge in [0.1, 0.15) is 0 Å². The lowest BCUT2D eigenvalue weighted by atomic mass is 9.85. The predicted molar refractivity (Wildman–Crippen MR) is 75.6 cm³/mol. The largest absolute Gasteiger partial charge is 0.337 e. The van der Waals surface area contributed by atoms with Gasteiger partial charge in [-0.2, -0.15) is 4.98 Å². The average molecular weight is 272 g/mol. The summed E-state index contributed by atoms with van der Waals surface area (Å²) >= 11 is 0. The van der Waals surface area contributed by atoms with E-state index in [4.69, 9.17) is 10.3 Å². The van der Waals surface area contributed by atoms with Crippen LogP contribution >= 0.6 is 0 Å². The van der Waals surface area contributed by atoms with Crippen LogP contribution in [0.5, 0.6) is 0 Å². The van der Waals surface area contributed by atoms with Crippen molar-refractivity contribution in [3.63, 3.8) is 0 Å². The maximum absolute atomic E-state index is 6.21. The molecule has 0 spiro atoms. The SMILES string of the molecule is NC(CC1CCCCC1)c1nc(-c2ccncc2)no1. The third-order valence-electron chi connectivity index (χ3n) is 4.01. The summed E-state index contributed by atoms with van der Waals surface area (Å²) in [6, 6.07) is 3.57. The summed E-state index contributed by atoms with van der Waals surface area (Å²) in [5, 5.41) is 4.01. The van der Waals surface area contributed by atoms with E-state index >= 15 is 0 Å². The highest BCUT2D eigenvalue weighted by Gasteiger charge is 2.21. The second-order valence-corrected chi connectivity index (χ2v) is 5.54. The minimum Gasteiger partial charge on any atom is -0.337 e. The third-order valence-corrected chi connectivity index (χ3v) is 4.01. The zero-order valence-electron chi connectivity index (χ0n) is 11.5. The Bertz CT molecular complexity index is 534. The van der Waals surface area contributed by atoms with Gasteiger partial charge in [0.2, 0.25) is 11.7 Å². The van der Waals surface area contributed by atoms with Gasteiger partial charge in [-0.05, 0) is 24.5 Å². The Balaban J connectivity index is 1.66. The second-order valence-electron chi connectivity index (χ2n) is 5.54. The molecule has 0 amide bonds. The summed E-state index contributed by atoms with van der Waals surface area (Å²) in [7, 11) is 0. The first kappa shape index (κ1) is 13.2. The quantitative estimate of drug-likeness (QED) is 0.925. The predicted octanol–water partition coefficient (Wildman–Crippen LogP) is 3.10. The monoisotopic (exact) mass is 272 g/mol. The van der Waals surface area contributed by atoms with Crippen molar-refractivity contribution >= 4 is 0 Å². The van der Waals surface area contributed by atoms with Crippen molar-refractivity contribution in [2.45, 2.75) is 44.6 Å². The molecule has 2 aromatic heterocycles. The first-order chi connectivity index (χ1) is 9.83. The molecule has 0 bridgehead atoms. The molecule has 1 aliphatic carbocycles. The molecule has 3 rings (SSSR count). The topological polar surface area (TPSA) is 77.8 Å².